The van der Waals surface area contributed by atoms with Crippen LogP contribution in [-0.2, 0) is 50.9 Å². The summed E-state index contributed by atoms with van der Waals surface area (Å²) in [5.74, 6) is 3.60. The lowest BCUT2D eigenvalue weighted by molar-refractivity contribution is -0.605. The van der Waals surface area contributed by atoms with Gasteiger partial charge < -0.3 is 53.9 Å². The van der Waals surface area contributed by atoms with Crippen LogP contribution in [0.25, 0.3) is 44.6 Å². The molecule has 5 aliphatic carbocycles. The average molecular weight is 2030 g/mol. The van der Waals surface area contributed by atoms with Gasteiger partial charge in [-0.2, -0.15) is 4.73 Å². The number of aryl methyl sites for hydroxylation is 1. The minimum Gasteiger partial charge on any atom is -0.619 e. The van der Waals surface area contributed by atoms with E-state index in [0.717, 1.165) is 139 Å². The van der Waals surface area contributed by atoms with Gasteiger partial charge in [-0.1, -0.05) is 207 Å². The highest BCUT2D eigenvalue weighted by Crippen LogP contribution is 2.55. The molecule has 34 heteroatoms. The second-order valence-corrected chi connectivity index (χ2v) is 41.6. The highest BCUT2D eigenvalue weighted by Gasteiger charge is 2.61. The van der Waals surface area contributed by atoms with Gasteiger partial charge >= 0.3 is 0 Å². The lowest BCUT2D eigenvalue weighted by atomic mass is 9.74. The largest absolute Gasteiger partial charge is 0.619 e. The zero-order valence-electron chi connectivity index (χ0n) is 83.1. The number of aliphatic hydroxyl groups excluding tert-OH is 1. The van der Waals surface area contributed by atoms with Crippen LogP contribution in [0.3, 0.4) is 0 Å². The fraction of sp³-hybridized carbons (Fsp3) is 0.393. The Hall–Kier alpha value is -14.0. The quantitative estimate of drug-likeness (QED) is 0.0206. The van der Waals surface area contributed by atoms with Crippen molar-refractivity contribution in [3.8, 4) is 50.4 Å². The van der Waals surface area contributed by atoms with Gasteiger partial charge in [-0.3, -0.25) is 68.0 Å². The summed E-state index contributed by atoms with van der Waals surface area (Å²) in [5, 5.41) is 26.1. The molecule has 1 saturated heterocycles. The molecule has 6 aliphatic heterocycles. The number of likely N-dealkylation sites (tertiary alicyclic amines) is 1. The van der Waals surface area contributed by atoms with E-state index in [2.05, 4.69) is 41.3 Å². The Morgan fingerprint density at radius 2 is 1.01 bits per heavy atom. The third-order valence-electron chi connectivity index (χ3n) is 30.1. The van der Waals surface area contributed by atoms with Crippen LogP contribution in [0.15, 0.2) is 250 Å². The van der Waals surface area contributed by atoms with Crippen molar-refractivity contribution in [1.29, 1.82) is 0 Å². The van der Waals surface area contributed by atoms with Gasteiger partial charge in [-0.05, 0) is 249 Å². The van der Waals surface area contributed by atoms with Crippen LogP contribution in [0.2, 0.25) is 15.2 Å². The summed E-state index contributed by atoms with van der Waals surface area (Å²) in [6, 6.07) is 59.4. The smallest absolute Gasteiger partial charge is 0.266 e. The van der Waals surface area contributed by atoms with Crippen LogP contribution in [0.5, 0.6) is 5.75 Å². The number of likely N-dealkylation sites (N-methyl/N-ethyl adjacent to an activating group) is 2. The Labute approximate surface area is 865 Å². The van der Waals surface area contributed by atoms with Crippen LogP contribution in [-0.4, -0.2) is 193 Å². The van der Waals surface area contributed by atoms with E-state index in [-0.39, 0.29) is 96.2 Å². The lowest BCUT2D eigenvalue weighted by Gasteiger charge is -2.35. The normalized spacial score (nSPS) is 23.5. The lowest BCUT2D eigenvalue weighted by Crippen LogP contribution is -2.46. The Morgan fingerprint density at radius 3 is 1.56 bits per heavy atom. The molecule has 4 unspecified atom stereocenters. The van der Waals surface area contributed by atoms with E-state index in [4.69, 9.17) is 78.2 Å². The molecule has 760 valence electrons. The van der Waals surface area contributed by atoms with Crippen molar-refractivity contribution >= 4 is 106 Å². The van der Waals surface area contributed by atoms with Crippen molar-refractivity contribution in [1.82, 2.24) is 49.7 Å². The monoisotopic (exact) mass is 2030 g/mol. The molecule has 10 aromatic rings. The maximum absolute atomic E-state index is 13.5. The Balaban J connectivity index is 0.000000125. The molecule has 5 saturated carbocycles. The van der Waals surface area contributed by atoms with Gasteiger partial charge in [-0.15, -0.1) is 0 Å². The number of nitrogens with one attached hydrogen (secondary N) is 1. The number of piperidine rings is 1. The number of aliphatic imine (C=N–C) groups is 5. The SMILES string of the molecule is CN1C(=O)C(c2ccccc2)(c2cccc(-c3cncc(Cl)n3)c2)N=C1N.COc1cc(-c2cccc(C3(C)N=C(N)N(CC4CCN(C(C)=O)CC4)C3=O)c2)c[n+]([O-])c1.Cc1cncc(C(=O)N[C@@H]2CCC[C@H](C[C@@]3(CCC4CCCCC4)N=C(N)N(C)C3=O)C2)c1.NC1=NC(c2cccc(-c3cccc(Cl)c3)c2)(C2CC2)C(=O)N1CC1CC1.NC1=NC(c2cccc(-c3cccc(Cl)c3)c2)(C2CC2)C(=O)N1CCO. The number of amides is 7. The van der Waals surface area contributed by atoms with Gasteiger partial charge in [-0.25, -0.2) is 29.9 Å². The number of halogens is 3. The molecule has 21 rings (SSSR count). The number of aromatic nitrogens is 4. The molecule has 31 nitrogen and oxygen atoms in total. The van der Waals surface area contributed by atoms with Crippen molar-refractivity contribution < 1.29 is 48.1 Å². The molecular formula is C112H126Cl3N21O10. The third kappa shape index (κ3) is 22.2. The molecule has 0 spiro atoms. The van der Waals surface area contributed by atoms with E-state index in [0.29, 0.717) is 109 Å². The van der Waals surface area contributed by atoms with E-state index >= 15 is 0 Å². The average Bonchev–Trinajstić information content (AvgIpc) is 1.56. The number of nitrogens with zero attached hydrogens (tertiary/aromatic N) is 15. The van der Waals surface area contributed by atoms with Gasteiger partial charge in [0.15, 0.2) is 63.9 Å². The molecule has 146 heavy (non-hydrogen) atoms. The first-order valence-corrected chi connectivity index (χ1v) is 51.5. The van der Waals surface area contributed by atoms with Crippen molar-refractivity contribution in [2.45, 2.75) is 183 Å². The van der Waals surface area contributed by atoms with E-state index in [1.807, 2.05) is 188 Å². The standard InChI is InChI=1S/C26H39N5O2.C24H29N5O4.C22H22ClN3O.C20H16ClN5O.C20H20ClN3O2/c1-18-13-21(17-28-16-18)23(32)29-22-10-6-9-20(14-22)15-26(24(33)31(2)25(27)30-26)12-11-19-7-4-3-5-8-19;1-16(30)27-9-7-17(8-10-27)13-29-22(31)24(2,26-23(29)25)20-6-4-5-18(11-20)19-12-21(33-3)15-28(32)14-19;23-19-6-2-4-16(12-19)15-3-1-5-18(11-15)22(17-9-10-17)20(27)26(21(24)25-22)13-14-7-8-14;1-26-18(27)20(25-19(26)22,14-7-3-2-4-8-14)15-9-5-6-13(10-15)16-11-23-12-17(21)24-16;21-17-6-2-4-14(12-17)13-3-1-5-16(11-13)20(15-7-8-15)18(26)24(9-10-25)19(22)23-20/h13,16-17,19-20,22H,3-12,14-15H2,1-2H3,(H2,27,30)(H,29,32);4-6,11-12,14-15,17H,7-10,13H2,1-3H3,(H2,25,26);1-6,11-12,14,17H,7-10,13H2,(H2,24,25);2-12H,1H3,(H2,22,25);1-6,11-12,15,25H,7-10H2,(H2,22,23)/t20-,22+,26+;;;;/m0..../s1. The molecular weight excluding hydrogens is 1910 g/mol. The fourth-order valence-electron chi connectivity index (χ4n) is 21.7. The van der Waals surface area contributed by atoms with E-state index in [1.54, 1.807) is 62.4 Å². The number of guanidine groups is 5. The summed E-state index contributed by atoms with van der Waals surface area (Å²) >= 11 is 18.3. The van der Waals surface area contributed by atoms with Gasteiger partial charge in [0.05, 0.1) is 49.5 Å². The summed E-state index contributed by atoms with van der Waals surface area (Å²) < 4.78 is 5.90. The number of hydrogen-bond donors (Lipinski definition) is 7. The molecule has 7 amide bonds. The van der Waals surface area contributed by atoms with E-state index in [1.165, 1.54) is 85.3 Å². The van der Waals surface area contributed by atoms with Crippen molar-refractivity contribution in [2.24, 2.45) is 89.1 Å². The molecule has 7 atom stereocenters. The number of benzene rings is 7. The molecule has 6 fully saturated rings. The number of methoxy groups -OCH3 is 1. The minimum atomic E-state index is -1.23. The summed E-state index contributed by atoms with van der Waals surface area (Å²) in [4.78, 5) is 136. The number of nitrogens with two attached hydrogens (primary N) is 5. The van der Waals surface area contributed by atoms with Gasteiger partial charge in [0, 0.05) is 87.3 Å². The molecule has 9 heterocycles. The maximum atomic E-state index is 13.5. The first-order valence-electron chi connectivity index (χ1n) is 50.4. The van der Waals surface area contributed by atoms with Crippen molar-refractivity contribution in [3.05, 3.63) is 285 Å². The van der Waals surface area contributed by atoms with Gasteiger partial charge in [0.1, 0.15) is 10.7 Å². The second-order valence-electron chi connectivity index (χ2n) is 40.3. The summed E-state index contributed by atoms with van der Waals surface area (Å²) in [6.45, 7) is 7.88. The maximum Gasteiger partial charge on any atom is 0.266 e. The number of β-amino-alcohol motifs (C(OH)–C–C–N with tert-alkyl or cyclic N) is 1. The molecule has 12 N–H and O–H groups in total. The summed E-state index contributed by atoms with van der Waals surface area (Å²) in [6.07, 6.45) is 30.2. The highest BCUT2D eigenvalue weighted by molar-refractivity contribution is 6.31. The summed E-state index contributed by atoms with van der Waals surface area (Å²) in [7, 11) is 4.87. The number of carbonyl (C=O) groups excluding carboxylic acids is 7. The van der Waals surface area contributed by atoms with Gasteiger partial charge in [0.25, 0.3) is 35.4 Å². The van der Waals surface area contributed by atoms with Crippen LogP contribution in [0.1, 0.15) is 186 Å². The fourth-order valence-corrected chi connectivity index (χ4v) is 22.3. The molecule has 0 radical (unpaired) electrons. The van der Waals surface area contributed by atoms with E-state index < -0.39 is 27.7 Å². The number of aliphatic hydroxyl groups is 1. The first kappa shape index (κ1) is 103. The predicted octanol–water partition coefficient (Wildman–Crippen LogP) is 15.3. The number of rotatable bonds is 25. The number of hydrogen-bond acceptors (Lipinski definition) is 23. The zero-order chi connectivity index (χ0) is 103. The third-order valence-corrected chi connectivity index (χ3v) is 30.8. The number of pyridine rings is 2. The van der Waals surface area contributed by atoms with E-state index in [9.17, 15) is 43.9 Å². The number of ether oxygens (including phenoxy) is 1. The molecule has 11 aliphatic rings. The van der Waals surface area contributed by atoms with Crippen LogP contribution in [0.4, 0.5) is 0 Å². The minimum absolute atomic E-state index is 0.0489. The number of carbonyl (C=O) groups is 7. The topological polar surface area (TPSA) is 438 Å². The Bertz CT molecular complexity index is 6740. The van der Waals surface area contributed by atoms with Gasteiger partial charge in [0.2, 0.25) is 12.1 Å². The van der Waals surface area contributed by atoms with Crippen LogP contribution < -0.4 is 43.5 Å². The van der Waals surface area contributed by atoms with Crippen LogP contribution >= 0.6 is 34.8 Å². The van der Waals surface area contributed by atoms with Crippen LogP contribution in [0, 0.1) is 47.6 Å². The molecule has 7 aromatic carbocycles. The van der Waals surface area contributed by atoms with Crippen molar-refractivity contribution in [2.75, 3.05) is 60.5 Å². The molecule has 0 bridgehead atoms. The Kier molecular flexibility index (Phi) is 31.2. The predicted molar refractivity (Wildman–Crippen MR) is 566 cm³/mol. The Morgan fingerprint density at radius 1 is 0.493 bits per heavy atom. The highest BCUT2D eigenvalue weighted by atomic mass is 35.5. The first-order chi connectivity index (χ1) is 70.2. The zero-order valence-corrected chi connectivity index (χ0v) is 85.4. The summed E-state index contributed by atoms with van der Waals surface area (Å²) in [5.41, 5.74) is 38.0. The molecule has 3 aromatic heterocycles. The second kappa shape index (κ2) is 44.1. The van der Waals surface area contributed by atoms with Crippen molar-refractivity contribution in [3.63, 3.8) is 0 Å².